The highest BCUT2D eigenvalue weighted by Gasteiger charge is 2.45. The van der Waals surface area contributed by atoms with E-state index in [-0.39, 0.29) is 0 Å². The van der Waals surface area contributed by atoms with Gasteiger partial charge in [0.05, 0.1) is 7.11 Å². The summed E-state index contributed by atoms with van der Waals surface area (Å²) in [4.78, 5) is 13.6. The van der Waals surface area contributed by atoms with Crippen LogP contribution in [0.5, 0.6) is 5.75 Å². The predicted octanol–water partition coefficient (Wildman–Crippen LogP) is 2.92. The van der Waals surface area contributed by atoms with E-state index >= 15 is 0 Å². The SMILES string of the molecule is COc1ccc([C@H]2N(c3ccc(Br)cc3)C(=O)CS2(=O)=O)cc1. The Labute approximate surface area is 142 Å². The van der Waals surface area contributed by atoms with Crippen molar-refractivity contribution in [2.75, 3.05) is 17.8 Å². The number of benzene rings is 2. The maximum Gasteiger partial charge on any atom is 0.243 e. The summed E-state index contributed by atoms with van der Waals surface area (Å²) in [5.41, 5.74) is 1.10. The second-order valence-electron chi connectivity index (χ2n) is 5.17. The highest BCUT2D eigenvalue weighted by molar-refractivity contribution is 9.10. The molecule has 0 N–H and O–H groups in total. The van der Waals surface area contributed by atoms with Crippen molar-refractivity contribution in [3.63, 3.8) is 0 Å². The van der Waals surface area contributed by atoms with E-state index in [1.807, 2.05) is 0 Å². The second kappa shape index (κ2) is 5.98. The number of sulfone groups is 1. The van der Waals surface area contributed by atoms with Crippen molar-refractivity contribution in [2.24, 2.45) is 0 Å². The van der Waals surface area contributed by atoms with Gasteiger partial charge in [-0.15, -0.1) is 0 Å². The molecule has 0 bridgehead atoms. The lowest BCUT2D eigenvalue weighted by Crippen LogP contribution is -2.29. The van der Waals surface area contributed by atoms with Crippen LogP contribution in [0.25, 0.3) is 0 Å². The van der Waals surface area contributed by atoms with Crippen LogP contribution >= 0.6 is 15.9 Å². The minimum absolute atomic E-state index is 0.423. The third kappa shape index (κ3) is 2.98. The molecule has 1 atom stereocenters. The number of anilines is 1. The van der Waals surface area contributed by atoms with Gasteiger partial charge in [-0.2, -0.15) is 0 Å². The number of amides is 1. The Bertz CT molecular complexity index is 831. The molecule has 23 heavy (non-hydrogen) atoms. The molecule has 5 nitrogen and oxygen atoms in total. The van der Waals surface area contributed by atoms with Crippen molar-refractivity contribution in [3.05, 3.63) is 58.6 Å². The molecule has 1 amide bonds. The molecule has 1 fully saturated rings. The fourth-order valence-corrected chi connectivity index (χ4v) is 4.66. The van der Waals surface area contributed by atoms with E-state index in [4.69, 9.17) is 4.74 Å². The molecule has 0 radical (unpaired) electrons. The minimum Gasteiger partial charge on any atom is -0.497 e. The highest BCUT2D eigenvalue weighted by atomic mass is 79.9. The molecule has 0 aliphatic carbocycles. The maximum atomic E-state index is 12.5. The molecule has 1 aliphatic rings. The Hall–Kier alpha value is -1.86. The van der Waals surface area contributed by atoms with Gasteiger partial charge in [-0.05, 0) is 42.0 Å². The number of carbonyl (C=O) groups excluding carboxylic acids is 1. The zero-order valence-corrected chi connectivity index (χ0v) is 14.7. The Kier molecular flexibility index (Phi) is 4.16. The number of methoxy groups -OCH3 is 1. The standard InChI is InChI=1S/C16H14BrNO4S/c1-22-14-8-2-11(3-9-14)16-18(15(19)10-23(16,20)21)13-6-4-12(17)5-7-13/h2-9,16H,10H2,1H3/t16-/m0/s1. The van der Waals surface area contributed by atoms with Crippen LogP contribution in [0.15, 0.2) is 53.0 Å². The fourth-order valence-electron chi connectivity index (χ4n) is 2.62. The number of nitrogens with zero attached hydrogens (tertiary/aromatic N) is 1. The van der Waals surface area contributed by atoms with E-state index < -0.39 is 26.9 Å². The smallest absolute Gasteiger partial charge is 0.243 e. The normalized spacial score (nSPS) is 19.8. The number of rotatable bonds is 3. The van der Waals surface area contributed by atoms with Crippen LogP contribution in [0.4, 0.5) is 5.69 Å². The van der Waals surface area contributed by atoms with Crippen LogP contribution in [-0.2, 0) is 14.6 Å². The minimum atomic E-state index is -3.59. The van der Waals surface area contributed by atoms with Gasteiger partial charge in [-0.1, -0.05) is 28.1 Å². The number of carbonyl (C=O) groups is 1. The molecule has 2 aromatic rings. The summed E-state index contributed by atoms with van der Waals surface area (Å²) in [6.07, 6.45) is 0. The number of halogens is 1. The van der Waals surface area contributed by atoms with E-state index in [2.05, 4.69) is 15.9 Å². The molecule has 3 rings (SSSR count). The van der Waals surface area contributed by atoms with Crippen molar-refractivity contribution in [3.8, 4) is 5.75 Å². The summed E-state index contributed by atoms with van der Waals surface area (Å²) >= 11 is 3.33. The van der Waals surface area contributed by atoms with Crippen LogP contribution in [0.1, 0.15) is 10.9 Å². The molecule has 1 aliphatic heterocycles. The molecule has 7 heteroatoms. The topological polar surface area (TPSA) is 63.7 Å². The molecule has 0 saturated carbocycles. The lowest BCUT2D eigenvalue weighted by atomic mass is 10.2. The molecule has 0 aromatic heterocycles. The van der Waals surface area contributed by atoms with Gasteiger partial charge in [0.15, 0.2) is 15.2 Å². The van der Waals surface area contributed by atoms with E-state index in [0.717, 1.165) is 4.47 Å². The zero-order chi connectivity index (χ0) is 16.6. The van der Waals surface area contributed by atoms with Crippen molar-refractivity contribution in [1.29, 1.82) is 0 Å². The van der Waals surface area contributed by atoms with Gasteiger partial charge in [0.2, 0.25) is 5.91 Å². The Balaban J connectivity index is 2.08. The Morgan fingerprint density at radius 2 is 1.70 bits per heavy atom. The van der Waals surface area contributed by atoms with E-state index in [1.165, 1.54) is 4.90 Å². The summed E-state index contributed by atoms with van der Waals surface area (Å²) in [5.74, 6) is -0.279. The van der Waals surface area contributed by atoms with Gasteiger partial charge in [0.25, 0.3) is 0 Å². The molecular weight excluding hydrogens is 382 g/mol. The number of ether oxygens (including phenoxy) is 1. The first-order valence-corrected chi connectivity index (χ1v) is 9.36. The van der Waals surface area contributed by atoms with Crippen LogP contribution in [0, 0.1) is 0 Å². The van der Waals surface area contributed by atoms with Crippen molar-refractivity contribution < 1.29 is 17.9 Å². The number of hydrogen-bond acceptors (Lipinski definition) is 4. The summed E-state index contributed by atoms with van der Waals surface area (Å²) in [6.45, 7) is 0. The Morgan fingerprint density at radius 1 is 1.09 bits per heavy atom. The van der Waals surface area contributed by atoms with Gasteiger partial charge >= 0.3 is 0 Å². The monoisotopic (exact) mass is 395 g/mol. The second-order valence-corrected chi connectivity index (χ2v) is 8.15. The lowest BCUT2D eigenvalue weighted by molar-refractivity contribution is -0.115. The van der Waals surface area contributed by atoms with Gasteiger partial charge in [-0.3, -0.25) is 9.69 Å². The molecular formula is C16H14BrNO4S. The van der Waals surface area contributed by atoms with Crippen molar-refractivity contribution >= 4 is 37.4 Å². The predicted molar refractivity (Wildman–Crippen MR) is 91.1 cm³/mol. The number of hydrogen-bond donors (Lipinski definition) is 0. The third-order valence-electron chi connectivity index (χ3n) is 3.67. The first-order valence-electron chi connectivity index (χ1n) is 6.85. The first kappa shape index (κ1) is 16.0. The quantitative estimate of drug-likeness (QED) is 0.801. The van der Waals surface area contributed by atoms with Crippen LogP contribution in [0.2, 0.25) is 0 Å². The van der Waals surface area contributed by atoms with Crippen molar-refractivity contribution in [1.82, 2.24) is 0 Å². The lowest BCUT2D eigenvalue weighted by Gasteiger charge is -2.24. The highest BCUT2D eigenvalue weighted by Crippen LogP contribution is 2.38. The molecule has 1 heterocycles. The van der Waals surface area contributed by atoms with Gasteiger partial charge in [0.1, 0.15) is 11.5 Å². The van der Waals surface area contributed by atoms with Crippen molar-refractivity contribution in [2.45, 2.75) is 5.37 Å². The molecule has 0 unspecified atom stereocenters. The maximum absolute atomic E-state index is 12.5. The van der Waals surface area contributed by atoms with Gasteiger partial charge in [-0.25, -0.2) is 8.42 Å². The summed E-state index contributed by atoms with van der Waals surface area (Å²) in [5, 5.41) is -1.01. The van der Waals surface area contributed by atoms with Crippen LogP contribution < -0.4 is 9.64 Å². The fraction of sp³-hybridized carbons (Fsp3) is 0.188. The zero-order valence-electron chi connectivity index (χ0n) is 12.3. The summed E-state index contributed by atoms with van der Waals surface area (Å²) in [6, 6.07) is 13.7. The average Bonchev–Trinajstić information content (AvgIpc) is 2.77. The van der Waals surface area contributed by atoms with Gasteiger partial charge < -0.3 is 4.74 Å². The molecule has 0 spiro atoms. The van der Waals surface area contributed by atoms with Crippen LogP contribution in [-0.4, -0.2) is 27.2 Å². The van der Waals surface area contributed by atoms with Gasteiger partial charge in [0, 0.05) is 10.2 Å². The largest absolute Gasteiger partial charge is 0.497 e. The Morgan fingerprint density at radius 3 is 2.26 bits per heavy atom. The molecule has 120 valence electrons. The van der Waals surface area contributed by atoms with Crippen LogP contribution in [0.3, 0.4) is 0 Å². The summed E-state index contributed by atoms with van der Waals surface area (Å²) < 4.78 is 30.9. The molecule has 2 aromatic carbocycles. The van der Waals surface area contributed by atoms with E-state index in [0.29, 0.717) is 17.0 Å². The first-order chi connectivity index (χ1) is 10.9. The van der Waals surface area contributed by atoms with E-state index in [9.17, 15) is 13.2 Å². The third-order valence-corrected chi connectivity index (χ3v) is 6.02. The average molecular weight is 396 g/mol. The molecule has 1 saturated heterocycles. The van der Waals surface area contributed by atoms with E-state index in [1.54, 1.807) is 55.6 Å². The summed E-state index contributed by atoms with van der Waals surface area (Å²) in [7, 11) is -2.05.